The molecule has 1 fully saturated rings. The summed E-state index contributed by atoms with van der Waals surface area (Å²) in [5.41, 5.74) is 2.74. The Bertz CT molecular complexity index is 1580. The van der Waals surface area contributed by atoms with Gasteiger partial charge < -0.3 is 18.6 Å². The van der Waals surface area contributed by atoms with Gasteiger partial charge in [0, 0.05) is 38.7 Å². The third-order valence-electron chi connectivity index (χ3n) is 6.87. The molecule has 2 heterocycles. The van der Waals surface area contributed by atoms with E-state index in [4.69, 9.17) is 23.8 Å². The first kappa shape index (κ1) is 26.7. The molecule has 1 saturated heterocycles. The first-order valence-electron chi connectivity index (χ1n) is 12.4. The fraction of sp³-hybridized carbons (Fsp3) is 0.233. The lowest BCUT2D eigenvalue weighted by molar-refractivity contribution is -0.0948. The van der Waals surface area contributed by atoms with Crippen LogP contribution in [0.3, 0.4) is 0 Å². The Labute approximate surface area is 227 Å². The van der Waals surface area contributed by atoms with Gasteiger partial charge in [-0.15, -0.1) is 0 Å². The summed E-state index contributed by atoms with van der Waals surface area (Å²) in [5, 5.41) is 5.24. The van der Waals surface area contributed by atoms with E-state index in [9.17, 15) is 8.42 Å². The van der Waals surface area contributed by atoms with Gasteiger partial charge in [0.25, 0.3) is 0 Å². The Morgan fingerprint density at radius 3 is 2.44 bits per heavy atom. The second-order valence-corrected chi connectivity index (χ2v) is 10.7. The molecule has 1 unspecified atom stereocenters. The topological polar surface area (TPSA) is 114 Å². The SMILES string of the molecule is COC1(c2cccc(OC#CC(c3ccccc3)c3ncoc3-c3ccc(S(N)(=O)=O)cc3)c2)CCOCC1. The zero-order chi connectivity index (χ0) is 27.3. The van der Waals surface area contributed by atoms with Crippen LogP contribution in [0, 0.1) is 12.0 Å². The molecule has 1 atom stereocenters. The number of methoxy groups -OCH3 is 1. The molecular weight excluding hydrogens is 516 g/mol. The van der Waals surface area contributed by atoms with Gasteiger partial charge in [0.15, 0.2) is 12.2 Å². The van der Waals surface area contributed by atoms with Crippen molar-refractivity contribution in [2.45, 2.75) is 29.3 Å². The Morgan fingerprint density at radius 1 is 1.00 bits per heavy atom. The van der Waals surface area contributed by atoms with Crippen LogP contribution in [0.4, 0.5) is 0 Å². The van der Waals surface area contributed by atoms with E-state index in [1.165, 1.54) is 18.5 Å². The van der Waals surface area contributed by atoms with Crippen molar-refractivity contribution in [3.8, 4) is 29.1 Å². The van der Waals surface area contributed by atoms with Crippen LogP contribution in [-0.2, 0) is 25.1 Å². The molecule has 39 heavy (non-hydrogen) atoms. The van der Waals surface area contributed by atoms with Crippen LogP contribution >= 0.6 is 0 Å². The van der Waals surface area contributed by atoms with E-state index in [2.05, 4.69) is 17.0 Å². The standard InChI is InChI=1S/C30H28N2O6S/c1-35-30(15-18-36-19-16-30)24-8-5-9-25(20-24)37-17-14-27(22-6-3-2-4-7-22)28-29(38-21-32-28)23-10-12-26(13-11-23)39(31,33)34/h2-13,20-21,27H,15-16,18-19H2,1H3,(H2,31,33,34). The van der Waals surface area contributed by atoms with Gasteiger partial charge in [-0.1, -0.05) is 42.5 Å². The lowest BCUT2D eigenvalue weighted by Crippen LogP contribution is -2.35. The molecule has 9 heteroatoms. The Kier molecular flexibility index (Phi) is 7.82. The normalized spacial score (nSPS) is 15.6. The summed E-state index contributed by atoms with van der Waals surface area (Å²) in [4.78, 5) is 4.48. The van der Waals surface area contributed by atoms with E-state index in [0.717, 1.165) is 24.0 Å². The molecule has 2 N–H and O–H groups in total. The average molecular weight is 545 g/mol. The summed E-state index contributed by atoms with van der Waals surface area (Å²) < 4.78 is 46.4. The highest BCUT2D eigenvalue weighted by Crippen LogP contribution is 2.37. The minimum absolute atomic E-state index is 0.0124. The maximum atomic E-state index is 11.7. The third-order valence-corrected chi connectivity index (χ3v) is 7.80. The molecule has 5 rings (SSSR count). The molecule has 1 aliphatic rings. The van der Waals surface area contributed by atoms with E-state index in [1.54, 1.807) is 19.2 Å². The largest absolute Gasteiger partial charge is 0.443 e. The number of primary sulfonamides is 1. The molecule has 0 saturated carbocycles. The van der Waals surface area contributed by atoms with Crippen LogP contribution in [0.5, 0.6) is 5.75 Å². The average Bonchev–Trinajstić information content (AvgIpc) is 3.45. The maximum absolute atomic E-state index is 11.7. The second kappa shape index (κ2) is 11.4. The van der Waals surface area contributed by atoms with Crippen LogP contribution in [0.25, 0.3) is 11.3 Å². The van der Waals surface area contributed by atoms with Crippen molar-refractivity contribution in [2.75, 3.05) is 20.3 Å². The van der Waals surface area contributed by atoms with Gasteiger partial charge in [-0.05, 0) is 53.4 Å². The first-order valence-corrected chi connectivity index (χ1v) is 14.0. The molecule has 1 aromatic heterocycles. The number of aromatic nitrogens is 1. The van der Waals surface area contributed by atoms with Gasteiger partial charge in [0.2, 0.25) is 10.0 Å². The van der Waals surface area contributed by atoms with Crippen molar-refractivity contribution in [1.29, 1.82) is 0 Å². The molecule has 3 aromatic carbocycles. The monoisotopic (exact) mass is 544 g/mol. The predicted octanol–water partition coefficient (Wildman–Crippen LogP) is 4.81. The first-order chi connectivity index (χ1) is 18.9. The van der Waals surface area contributed by atoms with Crippen LogP contribution in [0.1, 0.15) is 35.6 Å². The molecular formula is C30H28N2O6S. The lowest BCUT2D eigenvalue weighted by atomic mass is 9.86. The maximum Gasteiger partial charge on any atom is 0.238 e. The molecule has 8 nitrogen and oxygen atoms in total. The third kappa shape index (κ3) is 5.90. The molecule has 0 spiro atoms. The number of oxazole rings is 1. The van der Waals surface area contributed by atoms with Crippen LogP contribution in [0.2, 0.25) is 0 Å². The fourth-order valence-corrected chi connectivity index (χ4v) is 5.24. The van der Waals surface area contributed by atoms with E-state index in [0.29, 0.717) is 36.0 Å². The van der Waals surface area contributed by atoms with Crippen LogP contribution < -0.4 is 9.88 Å². The van der Waals surface area contributed by atoms with Crippen molar-refractivity contribution in [3.05, 3.63) is 102 Å². The summed E-state index contributed by atoms with van der Waals surface area (Å²) >= 11 is 0. The molecule has 0 aliphatic carbocycles. The van der Waals surface area contributed by atoms with Crippen molar-refractivity contribution in [3.63, 3.8) is 0 Å². The quantitative estimate of drug-likeness (QED) is 0.332. The summed E-state index contributed by atoms with van der Waals surface area (Å²) in [5.74, 6) is 3.80. The number of ether oxygens (including phenoxy) is 3. The number of nitrogens with two attached hydrogens (primary N) is 1. The molecule has 0 amide bonds. The van der Waals surface area contributed by atoms with E-state index >= 15 is 0 Å². The van der Waals surface area contributed by atoms with Crippen molar-refractivity contribution >= 4 is 10.0 Å². The lowest BCUT2D eigenvalue weighted by Gasteiger charge is -2.36. The van der Waals surface area contributed by atoms with E-state index in [1.807, 2.05) is 54.6 Å². The zero-order valence-corrected chi connectivity index (χ0v) is 22.2. The molecule has 4 aromatic rings. The smallest absolute Gasteiger partial charge is 0.238 e. The van der Waals surface area contributed by atoms with Crippen molar-refractivity contribution in [2.24, 2.45) is 5.14 Å². The fourth-order valence-electron chi connectivity index (χ4n) is 4.73. The number of sulfonamides is 1. The van der Waals surface area contributed by atoms with Gasteiger partial charge in [-0.25, -0.2) is 18.5 Å². The van der Waals surface area contributed by atoms with Gasteiger partial charge >= 0.3 is 0 Å². The number of hydrogen-bond acceptors (Lipinski definition) is 7. The van der Waals surface area contributed by atoms with E-state index < -0.39 is 21.5 Å². The highest BCUT2D eigenvalue weighted by atomic mass is 32.2. The Morgan fingerprint density at radius 2 is 1.74 bits per heavy atom. The number of benzene rings is 3. The number of hydrogen-bond donors (Lipinski definition) is 1. The molecule has 200 valence electrons. The van der Waals surface area contributed by atoms with E-state index in [-0.39, 0.29) is 4.90 Å². The summed E-state index contributed by atoms with van der Waals surface area (Å²) in [6.45, 7) is 1.28. The van der Waals surface area contributed by atoms with Gasteiger partial charge in [0.1, 0.15) is 17.5 Å². The minimum atomic E-state index is -3.81. The van der Waals surface area contributed by atoms with Crippen LogP contribution in [-0.4, -0.2) is 33.7 Å². The zero-order valence-electron chi connectivity index (χ0n) is 21.4. The predicted molar refractivity (Wildman–Crippen MR) is 145 cm³/mol. The summed E-state index contributed by atoms with van der Waals surface area (Å²) in [6.07, 6.45) is 5.74. The highest BCUT2D eigenvalue weighted by molar-refractivity contribution is 7.89. The Balaban J connectivity index is 1.45. The minimum Gasteiger partial charge on any atom is -0.443 e. The summed E-state index contributed by atoms with van der Waals surface area (Å²) in [6, 6.07) is 23.6. The van der Waals surface area contributed by atoms with Crippen molar-refractivity contribution in [1.82, 2.24) is 4.98 Å². The molecule has 0 bridgehead atoms. The Hall–Kier alpha value is -3.94. The van der Waals surface area contributed by atoms with Crippen LogP contribution in [0.15, 0.2) is 94.6 Å². The van der Waals surface area contributed by atoms with Crippen molar-refractivity contribution < 1.29 is 27.0 Å². The van der Waals surface area contributed by atoms with Gasteiger partial charge in [-0.3, -0.25) is 0 Å². The number of nitrogens with zero attached hydrogens (tertiary/aromatic N) is 1. The van der Waals surface area contributed by atoms with Gasteiger partial charge in [0.05, 0.1) is 16.4 Å². The van der Waals surface area contributed by atoms with Gasteiger partial charge in [-0.2, -0.15) is 0 Å². The molecule has 0 radical (unpaired) electrons. The highest BCUT2D eigenvalue weighted by Gasteiger charge is 2.34. The summed E-state index contributed by atoms with van der Waals surface area (Å²) in [7, 11) is -2.09. The molecule has 1 aliphatic heterocycles. The second-order valence-electron chi connectivity index (χ2n) is 9.17. The number of rotatable bonds is 7.